The van der Waals surface area contributed by atoms with Crippen LogP contribution in [-0.4, -0.2) is 19.5 Å². The second-order valence-electron chi connectivity index (χ2n) is 4.24. The van der Waals surface area contributed by atoms with Crippen molar-refractivity contribution < 1.29 is 22.7 Å². The summed E-state index contributed by atoms with van der Waals surface area (Å²) >= 11 is 0. The van der Waals surface area contributed by atoms with E-state index in [-0.39, 0.29) is 17.2 Å². The van der Waals surface area contributed by atoms with Crippen LogP contribution in [0.2, 0.25) is 0 Å². The molecule has 7 heteroatoms. The smallest absolute Gasteiger partial charge is 0.307 e. The molecule has 0 saturated carbocycles. The molecule has 2 aromatic rings. The van der Waals surface area contributed by atoms with Gasteiger partial charge in [0.15, 0.2) is 0 Å². The first kappa shape index (κ1) is 14.1. The minimum Gasteiger partial charge on any atom is -0.481 e. The number of rotatable bonds is 5. The van der Waals surface area contributed by atoms with E-state index in [0.717, 1.165) is 0 Å². The molecule has 20 heavy (non-hydrogen) atoms. The van der Waals surface area contributed by atoms with Gasteiger partial charge in [-0.25, -0.2) is 0 Å². The van der Waals surface area contributed by atoms with Crippen LogP contribution in [0.5, 0.6) is 0 Å². The summed E-state index contributed by atoms with van der Waals surface area (Å²) in [5.41, 5.74) is 0.797. The Morgan fingerprint density at radius 3 is 2.65 bits per heavy atom. The lowest BCUT2D eigenvalue weighted by molar-refractivity contribution is -0.136. The molecule has 0 fully saturated rings. The van der Waals surface area contributed by atoms with E-state index in [1.54, 1.807) is 31.2 Å². The average Bonchev–Trinajstić information content (AvgIpc) is 2.75. The average molecular weight is 295 g/mol. The Balaban J connectivity index is 2.23. The summed E-state index contributed by atoms with van der Waals surface area (Å²) in [5.74, 6) is -0.489. The number of aryl methyl sites for hydroxylation is 1. The minimum absolute atomic E-state index is 0.171. The first-order valence-corrected chi connectivity index (χ1v) is 7.25. The van der Waals surface area contributed by atoms with Crippen LogP contribution in [0, 0.1) is 6.92 Å². The molecule has 0 amide bonds. The molecule has 2 N–H and O–H groups in total. The molecule has 0 saturated heterocycles. The molecule has 1 heterocycles. The number of hydrogen-bond acceptors (Lipinski definition) is 4. The van der Waals surface area contributed by atoms with Crippen molar-refractivity contribution in [2.24, 2.45) is 0 Å². The van der Waals surface area contributed by atoms with Crippen LogP contribution in [0.3, 0.4) is 0 Å². The van der Waals surface area contributed by atoms with Gasteiger partial charge in [0.1, 0.15) is 5.76 Å². The number of benzene rings is 1. The molecule has 2 rings (SSSR count). The number of aliphatic carboxylic acids is 1. The third-order valence-corrected chi connectivity index (χ3v) is 3.77. The van der Waals surface area contributed by atoms with Gasteiger partial charge >= 0.3 is 5.97 Å². The number of furan rings is 1. The molecule has 0 bridgehead atoms. The monoisotopic (exact) mass is 295 g/mol. The second-order valence-corrected chi connectivity index (χ2v) is 5.85. The number of hydrogen-bond donors (Lipinski definition) is 2. The fourth-order valence-corrected chi connectivity index (χ4v) is 2.71. The maximum atomic E-state index is 12.0. The van der Waals surface area contributed by atoms with Crippen molar-refractivity contribution in [2.45, 2.75) is 18.4 Å². The van der Waals surface area contributed by atoms with Crippen molar-refractivity contribution in [3.8, 4) is 0 Å². The number of sulfonamides is 1. The summed E-state index contributed by atoms with van der Waals surface area (Å²) in [5, 5.41) is 8.54. The number of anilines is 1. The van der Waals surface area contributed by atoms with Gasteiger partial charge in [0.05, 0.1) is 6.42 Å². The third kappa shape index (κ3) is 3.39. The third-order valence-electron chi connectivity index (χ3n) is 2.52. The fraction of sp³-hybridized carbons (Fsp3) is 0.154. The highest BCUT2D eigenvalue weighted by atomic mass is 32.2. The van der Waals surface area contributed by atoms with Crippen LogP contribution < -0.4 is 4.72 Å². The minimum atomic E-state index is -3.80. The predicted molar refractivity (Wildman–Crippen MR) is 72.0 cm³/mol. The van der Waals surface area contributed by atoms with Crippen molar-refractivity contribution >= 4 is 21.7 Å². The maximum absolute atomic E-state index is 12.0. The summed E-state index contributed by atoms with van der Waals surface area (Å²) in [7, 11) is -3.80. The van der Waals surface area contributed by atoms with Crippen LogP contribution in [0.1, 0.15) is 11.3 Å². The van der Waals surface area contributed by atoms with E-state index in [9.17, 15) is 13.2 Å². The molecular weight excluding hydrogens is 282 g/mol. The Hall–Kier alpha value is -2.28. The van der Waals surface area contributed by atoms with Gasteiger partial charge in [0.25, 0.3) is 10.0 Å². The molecule has 0 radical (unpaired) electrons. The van der Waals surface area contributed by atoms with Gasteiger partial charge in [-0.1, -0.05) is 12.1 Å². The normalized spacial score (nSPS) is 11.2. The highest BCUT2D eigenvalue weighted by Gasteiger charge is 2.18. The molecule has 0 unspecified atom stereocenters. The molecule has 0 spiro atoms. The number of carboxylic acids is 1. The van der Waals surface area contributed by atoms with E-state index >= 15 is 0 Å². The van der Waals surface area contributed by atoms with Crippen molar-refractivity contribution in [3.05, 3.63) is 47.7 Å². The molecular formula is C13H13NO5S. The molecule has 1 aromatic carbocycles. The van der Waals surface area contributed by atoms with Gasteiger partial charge < -0.3 is 9.52 Å². The van der Waals surface area contributed by atoms with Gasteiger partial charge in [-0.05, 0) is 36.8 Å². The van der Waals surface area contributed by atoms with Crippen molar-refractivity contribution in [1.82, 2.24) is 0 Å². The zero-order chi connectivity index (χ0) is 14.8. The Morgan fingerprint density at radius 2 is 2.05 bits per heavy atom. The fourth-order valence-electron chi connectivity index (χ4n) is 1.68. The second kappa shape index (κ2) is 5.38. The van der Waals surface area contributed by atoms with Gasteiger partial charge in [-0.15, -0.1) is 0 Å². The summed E-state index contributed by atoms with van der Waals surface area (Å²) in [6.45, 7) is 1.65. The molecule has 6 nitrogen and oxygen atoms in total. The zero-order valence-electron chi connectivity index (χ0n) is 10.7. The van der Waals surface area contributed by atoms with Crippen molar-refractivity contribution in [2.75, 3.05) is 4.72 Å². The van der Waals surface area contributed by atoms with Crippen LogP contribution >= 0.6 is 0 Å². The predicted octanol–water partition coefficient (Wildman–Crippen LogP) is 2.02. The highest BCUT2D eigenvalue weighted by Crippen LogP contribution is 2.19. The van der Waals surface area contributed by atoms with E-state index in [4.69, 9.17) is 9.52 Å². The number of nitrogens with one attached hydrogen (secondary N) is 1. The van der Waals surface area contributed by atoms with Crippen molar-refractivity contribution in [3.63, 3.8) is 0 Å². The van der Waals surface area contributed by atoms with Gasteiger partial charge in [-0.2, -0.15) is 8.42 Å². The molecule has 0 aliphatic rings. The van der Waals surface area contributed by atoms with Crippen LogP contribution in [0.4, 0.5) is 5.69 Å². The summed E-state index contributed by atoms with van der Waals surface area (Å²) in [4.78, 5) is 10.6. The molecule has 106 valence electrons. The zero-order valence-corrected chi connectivity index (χ0v) is 11.5. The lowest BCUT2D eigenvalue weighted by Gasteiger charge is -2.07. The molecule has 0 atom stereocenters. The van der Waals surface area contributed by atoms with Crippen LogP contribution in [-0.2, 0) is 21.2 Å². The van der Waals surface area contributed by atoms with E-state index in [1.807, 2.05) is 0 Å². The first-order valence-electron chi connectivity index (χ1n) is 5.77. The van der Waals surface area contributed by atoms with Gasteiger partial charge in [0, 0.05) is 5.69 Å². The largest absolute Gasteiger partial charge is 0.481 e. The Kier molecular flexibility index (Phi) is 3.80. The number of carbonyl (C=O) groups is 1. The lowest BCUT2D eigenvalue weighted by Crippen LogP contribution is -2.12. The Labute approximate surface area is 116 Å². The van der Waals surface area contributed by atoms with Gasteiger partial charge in [-0.3, -0.25) is 9.52 Å². The Morgan fingerprint density at radius 1 is 1.30 bits per heavy atom. The van der Waals surface area contributed by atoms with Crippen molar-refractivity contribution in [1.29, 1.82) is 0 Å². The quantitative estimate of drug-likeness (QED) is 0.879. The van der Waals surface area contributed by atoms with E-state index in [0.29, 0.717) is 11.3 Å². The Bertz CT molecular complexity index is 733. The maximum Gasteiger partial charge on any atom is 0.307 e. The van der Waals surface area contributed by atoms with E-state index in [1.165, 1.54) is 12.1 Å². The van der Waals surface area contributed by atoms with Crippen LogP contribution in [0.15, 0.2) is 45.9 Å². The van der Waals surface area contributed by atoms with E-state index < -0.39 is 16.0 Å². The summed E-state index contributed by atoms with van der Waals surface area (Å²) in [6.07, 6.45) is -0.171. The molecule has 0 aliphatic heterocycles. The summed E-state index contributed by atoms with van der Waals surface area (Å²) < 4.78 is 31.5. The van der Waals surface area contributed by atoms with Gasteiger partial charge in [0.2, 0.25) is 5.09 Å². The number of carboxylic acid groups (broad SMARTS) is 1. The topological polar surface area (TPSA) is 96.6 Å². The highest BCUT2D eigenvalue weighted by molar-refractivity contribution is 7.92. The standard InChI is InChI=1S/C13H13NO5S/c1-9-5-6-13(19-9)20(17,18)14-11-4-2-3-10(7-11)8-12(15)16/h2-7,14H,8H2,1H3,(H,15,16). The lowest BCUT2D eigenvalue weighted by atomic mass is 10.1. The first-order chi connectivity index (χ1) is 9.37. The van der Waals surface area contributed by atoms with E-state index in [2.05, 4.69) is 4.72 Å². The summed E-state index contributed by atoms with van der Waals surface area (Å²) in [6, 6.07) is 9.13. The SMILES string of the molecule is Cc1ccc(S(=O)(=O)Nc2cccc(CC(=O)O)c2)o1. The molecule has 0 aliphatic carbocycles. The van der Waals surface area contributed by atoms with Crippen LogP contribution in [0.25, 0.3) is 0 Å². The molecule has 1 aromatic heterocycles.